The fraction of sp³-hybridized carbons (Fsp3) is 0.969. The molecule has 0 amide bonds. The summed E-state index contributed by atoms with van der Waals surface area (Å²) in [6, 6.07) is 0. The molecule has 5 rings (SSSR count). The minimum absolute atomic E-state index is 0.377. The van der Waals surface area contributed by atoms with Gasteiger partial charge in [-0.25, -0.2) is 4.39 Å². The smallest absolute Gasteiger partial charge is 0.151 e. The average Bonchev–Trinajstić information content (AvgIpc) is 2.92. The Morgan fingerprint density at radius 3 is 1.44 bits per heavy atom. The minimum atomic E-state index is -0.838. The second-order valence-electron chi connectivity index (χ2n) is 13.8. The largest absolute Gasteiger partial charge is 0.298 e. The summed E-state index contributed by atoms with van der Waals surface area (Å²) in [5, 5.41) is 0. The van der Waals surface area contributed by atoms with Gasteiger partial charge in [0.1, 0.15) is 6.17 Å². The van der Waals surface area contributed by atoms with Crippen molar-refractivity contribution in [1.29, 1.82) is 0 Å². The summed E-state index contributed by atoms with van der Waals surface area (Å²) < 4.78 is 16.0. The Morgan fingerprint density at radius 1 is 0.647 bits per heavy atom. The van der Waals surface area contributed by atoms with Crippen LogP contribution >= 0.6 is 0 Å². The van der Waals surface area contributed by atoms with Crippen LogP contribution in [0.1, 0.15) is 142 Å². The van der Waals surface area contributed by atoms with Gasteiger partial charge in [0.05, 0.1) is 10.8 Å². The van der Waals surface area contributed by atoms with Gasteiger partial charge in [0.15, 0.2) is 5.78 Å². The summed E-state index contributed by atoms with van der Waals surface area (Å²) in [6.07, 6.45) is 23.8. The number of unbranched alkanes of at least 4 members (excludes halogenated alkanes) is 1. The summed E-state index contributed by atoms with van der Waals surface area (Å²) in [7, 11) is 0. The molecule has 2 spiro atoms. The molecular weight excluding hydrogens is 419 g/mol. The van der Waals surface area contributed by atoms with Gasteiger partial charge in [0.2, 0.25) is 0 Å². The van der Waals surface area contributed by atoms with Crippen LogP contribution in [0.4, 0.5) is 4.39 Å². The van der Waals surface area contributed by atoms with Crippen molar-refractivity contribution < 1.29 is 9.18 Å². The predicted octanol–water partition coefficient (Wildman–Crippen LogP) is 9.47. The van der Waals surface area contributed by atoms with Gasteiger partial charge in [-0.15, -0.1) is 0 Å². The van der Waals surface area contributed by atoms with Crippen LogP contribution in [-0.4, -0.2) is 12.0 Å². The van der Waals surface area contributed by atoms with E-state index in [1.807, 2.05) is 0 Å². The van der Waals surface area contributed by atoms with Crippen LogP contribution in [0.15, 0.2) is 0 Å². The van der Waals surface area contributed by atoms with Gasteiger partial charge in [-0.05, 0) is 113 Å². The number of ketones is 1. The lowest BCUT2D eigenvalue weighted by atomic mass is 9.41. The van der Waals surface area contributed by atoms with Crippen LogP contribution in [0.3, 0.4) is 0 Å². The van der Waals surface area contributed by atoms with E-state index in [-0.39, 0.29) is 0 Å². The number of hydrogen-bond donors (Lipinski definition) is 0. The first-order valence-electron chi connectivity index (χ1n) is 15.7. The van der Waals surface area contributed by atoms with Crippen LogP contribution in [0.25, 0.3) is 0 Å². The Kier molecular flexibility index (Phi) is 7.82. The number of halogens is 1. The van der Waals surface area contributed by atoms with E-state index in [4.69, 9.17) is 0 Å². The fourth-order valence-electron chi connectivity index (χ4n) is 9.90. The molecule has 0 aromatic carbocycles. The van der Waals surface area contributed by atoms with Crippen molar-refractivity contribution in [2.45, 2.75) is 148 Å². The number of rotatable bonds is 6. The van der Waals surface area contributed by atoms with Gasteiger partial charge in [0.25, 0.3) is 0 Å². The lowest BCUT2D eigenvalue weighted by Crippen LogP contribution is -2.69. The SMILES string of the molecule is CCCCC1CCC(C2CCC3(CC2)C(=O)C2(CCC(C4CCC(CC)CC4)CC2)[C@H]3F)CC1. The second-order valence-corrected chi connectivity index (χ2v) is 13.8. The zero-order valence-electron chi connectivity index (χ0n) is 22.5. The maximum atomic E-state index is 16.0. The van der Waals surface area contributed by atoms with Crippen molar-refractivity contribution in [3.8, 4) is 0 Å². The minimum Gasteiger partial charge on any atom is -0.298 e. The van der Waals surface area contributed by atoms with Crippen molar-refractivity contribution in [3.05, 3.63) is 0 Å². The Labute approximate surface area is 209 Å². The van der Waals surface area contributed by atoms with Crippen LogP contribution < -0.4 is 0 Å². The van der Waals surface area contributed by atoms with Gasteiger partial charge in [-0.3, -0.25) is 4.79 Å². The van der Waals surface area contributed by atoms with E-state index >= 15 is 4.39 Å². The molecule has 5 saturated carbocycles. The molecule has 0 bridgehead atoms. The Bertz CT molecular complexity index is 667. The lowest BCUT2D eigenvalue weighted by molar-refractivity contribution is -0.194. The third-order valence-electron chi connectivity index (χ3n) is 12.4. The number of carbonyl (C=O) groups is 1. The van der Waals surface area contributed by atoms with E-state index in [9.17, 15) is 4.79 Å². The first-order valence-corrected chi connectivity index (χ1v) is 15.7. The van der Waals surface area contributed by atoms with E-state index in [0.29, 0.717) is 5.78 Å². The quantitative estimate of drug-likeness (QED) is 0.376. The van der Waals surface area contributed by atoms with E-state index in [2.05, 4.69) is 13.8 Å². The van der Waals surface area contributed by atoms with Crippen LogP contribution in [0.2, 0.25) is 0 Å². The zero-order valence-corrected chi connectivity index (χ0v) is 22.5. The zero-order chi connectivity index (χ0) is 23.8. The van der Waals surface area contributed by atoms with Crippen molar-refractivity contribution in [1.82, 2.24) is 0 Å². The molecule has 5 aliphatic carbocycles. The normalized spacial score (nSPS) is 47.6. The summed E-state index contributed by atoms with van der Waals surface area (Å²) in [5.41, 5.74) is -1.14. The molecule has 0 aromatic heterocycles. The maximum Gasteiger partial charge on any atom is 0.151 e. The number of hydrogen-bond acceptors (Lipinski definition) is 1. The van der Waals surface area contributed by atoms with Crippen LogP contribution in [0.5, 0.6) is 0 Å². The summed E-state index contributed by atoms with van der Waals surface area (Å²) >= 11 is 0. The molecule has 0 unspecified atom stereocenters. The van der Waals surface area contributed by atoms with E-state index < -0.39 is 17.0 Å². The summed E-state index contributed by atoms with van der Waals surface area (Å²) in [4.78, 5) is 13.7. The van der Waals surface area contributed by atoms with Crippen LogP contribution in [0, 0.1) is 46.3 Å². The highest BCUT2D eigenvalue weighted by Gasteiger charge is 2.71. The molecule has 0 heterocycles. The number of Topliss-reactive ketones (excluding diaryl/α,β-unsaturated/α-hetero) is 1. The molecule has 5 fully saturated rings. The van der Waals surface area contributed by atoms with E-state index in [1.165, 1.54) is 77.0 Å². The molecule has 194 valence electrons. The van der Waals surface area contributed by atoms with Crippen molar-refractivity contribution in [3.63, 3.8) is 0 Å². The van der Waals surface area contributed by atoms with Gasteiger partial charge < -0.3 is 0 Å². The molecule has 0 aliphatic heterocycles. The molecule has 0 N–H and O–H groups in total. The molecule has 0 radical (unpaired) electrons. The number of carbonyl (C=O) groups excluding carboxylic acids is 1. The average molecular weight is 473 g/mol. The highest BCUT2D eigenvalue weighted by molar-refractivity contribution is 5.98. The van der Waals surface area contributed by atoms with E-state index in [1.54, 1.807) is 0 Å². The monoisotopic (exact) mass is 472 g/mol. The maximum absolute atomic E-state index is 16.0. The summed E-state index contributed by atoms with van der Waals surface area (Å²) in [6.45, 7) is 4.64. The highest BCUT2D eigenvalue weighted by atomic mass is 19.1. The third kappa shape index (κ3) is 4.44. The molecule has 34 heavy (non-hydrogen) atoms. The fourth-order valence-corrected chi connectivity index (χ4v) is 9.90. The molecular formula is C32H53FO. The lowest BCUT2D eigenvalue weighted by Gasteiger charge is -2.62. The Morgan fingerprint density at radius 2 is 1.06 bits per heavy atom. The molecule has 1 atom stereocenters. The second kappa shape index (κ2) is 10.5. The van der Waals surface area contributed by atoms with Crippen molar-refractivity contribution >= 4 is 5.78 Å². The molecule has 0 aromatic rings. The van der Waals surface area contributed by atoms with Gasteiger partial charge in [-0.2, -0.15) is 0 Å². The molecule has 1 nitrogen and oxygen atoms in total. The molecule has 2 heteroatoms. The Balaban J connectivity index is 1.09. The van der Waals surface area contributed by atoms with Crippen LogP contribution in [-0.2, 0) is 4.79 Å². The highest BCUT2D eigenvalue weighted by Crippen LogP contribution is 2.66. The first-order chi connectivity index (χ1) is 16.5. The van der Waals surface area contributed by atoms with Gasteiger partial charge in [-0.1, -0.05) is 65.2 Å². The van der Waals surface area contributed by atoms with Gasteiger partial charge in [0, 0.05) is 0 Å². The topological polar surface area (TPSA) is 17.1 Å². The number of alkyl halides is 1. The first kappa shape index (κ1) is 25.3. The van der Waals surface area contributed by atoms with Gasteiger partial charge >= 0.3 is 0 Å². The van der Waals surface area contributed by atoms with Crippen molar-refractivity contribution in [2.75, 3.05) is 0 Å². The van der Waals surface area contributed by atoms with E-state index in [0.717, 1.165) is 86.9 Å². The van der Waals surface area contributed by atoms with Crippen molar-refractivity contribution in [2.24, 2.45) is 46.3 Å². The molecule has 5 aliphatic rings. The summed E-state index contributed by atoms with van der Waals surface area (Å²) in [5.74, 6) is 5.53. The third-order valence-corrected chi connectivity index (χ3v) is 12.4. The molecule has 0 saturated heterocycles. The predicted molar refractivity (Wildman–Crippen MR) is 139 cm³/mol. The Hall–Kier alpha value is -0.400. The standard InChI is InChI=1S/C32H53FO/c1-3-5-6-24-9-13-26(14-10-24)28-17-21-32(22-18-28)29(33)31(30(32)34)19-15-27(16-20-31)25-11-7-23(4-2)8-12-25/h23-29H,3-22H2,1-2H3/t23?,24?,25?,26?,27?,28?,29-,31?,32?/m1/s1.